The molecule has 3 nitrogen and oxygen atoms in total. The fourth-order valence-electron chi connectivity index (χ4n) is 2.72. The molecule has 3 aromatic rings. The van der Waals surface area contributed by atoms with Crippen molar-refractivity contribution in [2.75, 3.05) is 11.9 Å². The Morgan fingerprint density at radius 2 is 1.60 bits per heavy atom. The minimum atomic E-state index is -0.170. The summed E-state index contributed by atoms with van der Waals surface area (Å²) in [5.41, 5.74) is 2.11. The fourth-order valence-corrected chi connectivity index (χ4v) is 2.72. The van der Waals surface area contributed by atoms with Crippen molar-refractivity contribution < 1.29 is 9.53 Å². The van der Waals surface area contributed by atoms with Crippen molar-refractivity contribution in [1.82, 2.24) is 0 Å². The highest BCUT2D eigenvalue weighted by molar-refractivity contribution is 5.93. The Morgan fingerprint density at radius 3 is 2.32 bits per heavy atom. The number of ether oxygens (including phenoxy) is 1. The lowest BCUT2D eigenvalue weighted by Crippen LogP contribution is -2.20. The molecule has 3 heteroatoms. The molecule has 0 fully saturated rings. The number of nitrogens with one attached hydrogen (secondary N) is 1. The van der Waals surface area contributed by atoms with Crippen LogP contribution in [0.4, 0.5) is 5.69 Å². The van der Waals surface area contributed by atoms with E-state index < -0.39 is 0 Å². The van der Waals surface area contributed by atoms with Crippen molar-refractivity contribution in [3.8, 4) is 5.75 Å². The molecule has 0 saturated carbocycles. The number of carbonyl (C=O) groups is 1. The number of carbonyl (C=O) groups excluding carboxylic acids is 1. The summed E-state index contributed by atoms with van der Waals surface area (Å²) in [6.07, 6.45) is 0. The lowest BCUT2D eigenvalue weighted by atomic mass is 9.87. The summed E-state index contributed by atoms with van der Waals surface area (Å²) in [6.45, 7) is 6.48. The Balaban J connectivity index is 1.63. The summed E-state index contributed by atoms with van der Waals surface area (Å²) < 4.78 is 5.72. The first kappa shape index (κ1) is 17.0. The zero-order chi connectivity index (χ0) is 17.9. The van der Waals surface area contributed by atoms with Gasteiger partial charge in [0.15, 0.2) is 6.61 Å². The SMILES string of the molecule is CC(C)(C)c1ccc(NC(=O)COc2cccc3ccccc23)cc1. The Kier molecular flexibility index (Phi) is 4.75. The average Bonchev–Trinajstić information content (AvgIpc) is 2.59. The molecule has 0 atom stereocenters. The van der Waals surface area contributed by atoms with Crippen LogP contribution in [0.25, 0.3) is 10.8 Å². The Morgan fingerprint density at radius 1 is 0.920 bits per heavy atom. The van der Waals surface area contributed by atoms with E-state index in [9.17, 15) is 4.79 Å². The van der Waals surface area contributed by atoms with Crippen LogP contribution in [0.2, 0.25) is 0 Å². The van der Waals surface area contributed by atoms with Gasteiger partial charge in [-0.2, -0.15) is 0 Å². The Labute approximate surface area is 148 Å². The van der Waals surface area contributed by atoms with Crippen LogP contribution in [0.5, 0.6) is 5.75 Å². The highest BCUT2D eigenvalue weighted by Gasteiger charge is 2.13. The van der Waals surface area contributed by atoms with E-state index in [1.807, 2.05) is 66.7 Å². The molecule has 0 aliphatic rings. The molecule has 0 aliphatic heterocycles. The zero-order valence-electron chi connectivity index (χ0n) is 14.9. The number of amides is 1. The second-order valence-corrected chi connectivity index (χ2v) is 7.14. The number of hydrogen-bond acceptors (Lipinski definition) is 2. The van der Waals surface area contributed by atoms with Crippen molar-refractivity contribution >= 4 is 22.4 Å². The van der Waals surface area contributed by atoms with Crippen LogP contribution in [-0.2, 0) is 10.2 Å². The lowest BCUT2D eigenvalue weighted by Gasteiger charge is -2.19. The molecule has 0 heterocycles. The van der Waals surface area contributed by atoms with E-state index in [1.165, 1.54) is 5.56 Å². The summed E-state index contributed by atoms with van der Waals surface area (Å²) in [7, 11) is 0. The molecule has 3 aromatic carbocycles. The monoisotopic (exact) mass is 333 g/mol. The summed E-state index contributed by atoms with van der Waals surface area (Å²) in [5.74, 6) is 0.549. The van der Waals surface area contributed by atoms with Gasteiger partial charge in [0.25, 0.3) is 5.91 Å². The van der Waals surface area contributed by atoms with Gasteiger partial charge in [0.2, 0.25) is 0 Å². The summed E-state index contributed by atoms with van der Waals surface area (Å²) in [6, 6.07) is 21.8. The smallest absolute Gasteiger partial charge is 0.262 e. The molecule has 0 saturated heterocycles. The van der Waals surface area contributed by atoms with Crippen LogP contribution in [0.15, 0.2) is 66.7 Å². The summed E-state index contributed by atoms with van der Waals surface area (Å²) >= 11 is 0. The van der Waals surface area contributed by atoms with Gasteiger partial charge in [-0.05, 0) is 34.6 Å². The highest BCUT2D eigenvalue weighted by Crippen LogP contribution is 2.25. The zero-order valence-corrected chi connectivity index (χ0v) is 14.9. The first-order chi connectivity index (χ1) is 11.9. The summed E-state index contributed by atoms with van der Waals surface area (Å²) in [5, 5.41) is 4.98. The van der Waals surface area contributed by atoms with E-state index >= 15 is 0 Å². The van der Waals surface area contributed by atoms with E-state index in [2.05, 4.69) is 26.1 Å². The molecule has 3 rings (SSSR count). The maximum absolute atomic E-state index is 12.2. The number of hydrogen-bond donors (Lipinski definition) is 1. The van der Waals surface area contributed by atoms with Gasteiger partial charge >= 0.3 is 0 Å². The van der Waals surface area contributed by atoms with Crippen LogP contribution in [0.1, 0.15) is 26.3 Å². The van der Waals surface area contributed by atoms with Gasteiger partial charge in [-0.25, -0.2) is 0 Å². The van der Waals surface area contributed by atoms with Crippen molar-refractivity contribution in [2.24, 2.45) is 0 Å². The van der Waals surface area contributed by atoms with Crippen molar-refractivity contribution in [2.45, 2.75) is 26.2 Å². The molecule has 0 aliphatic carbocycles. The summed E-state index contributed by atoms with van der Waals surface area (Å²) in [4.78, 5) is 12.2. The molecule has 0 spiro atoms. The molecule has 0 bridgehead atoms. The molecule has 0 radical (unpaired) electrons. The molecular formula is C22H23NO2. The number of anilines is 1. The van der Waals surface area contributed by atoms with Crippen molar-refractivity contribution in [3.63, 3.8) is 0 Å². The number of rotatable bonds is 4. The van der Waals surface area contributed by atoms with Gasteiger partial charge < -0.3 is 10.1 Å². The third-order valence-electron chi connectivity index (χ3n) is 4.14. The molecular weight excluding hydrogens is 310 g/mol. The minimum Gasteiger partial charge on any atom is -0.483 e. The highest BCUT2D eigenvalue weighted by atomic mass is 16.5. The number of fused-ring (bicyclic) bond motifs is 1. The average molecular weight is 333 g/mol. The maximum atomic E-state index is 12.2. The van der Waals surface area contributed by atoms with Crippen LogP contribution >= 0.6 is 0 Å². The molecule has 25 heavy (non-hydrogen) atoms. The largest absolute Gasteiger partial charge is 0.483 e. The molecule has 128 valence electrons. The third kappa shape index (κ3) is 4.18. The van der Waals surface area contributed by atoms with E-state index in [0.29, 0.717) is 0 Å². The first-order valence-corrected chi connectivity index (χ1v) is 8.44. The molecule has 1 amide bonds. The predicted molar refractivity (Wildman–Crippen MR) is 103 cm³/mol. The van der Waals surface area contributed by atoms with Crippen LogP contribution in [0, 0.1) is 0 Å². The number of benzene rings is 3. The molecule has 0 unspecified atom stereocenters. The second-order valence-electron chi connectivity index (χ2n) is 7.14. The quantitative estimate of drug-likeness (QED) is 0.716. The van der Waals surface area contributed by atoms with Crippen LogP contribution in [0.3, 0.4) is 0 Å². The standard InChI is InChI=1S/C22H23NO2/c1-22(2,3)17-11-13-18(14-12-17)23-21(24)15-25-20-10-6-8-16-7-4-5-9-19(16)20/h4-14H,15H2,1-3H3,(H,23,24). The van der Waals surface area contributed by atoms with E-state index in [4.69, 9.17) is 4.74 Å². The van der Waals surface area contributed by atoms with Gasteiger partial charge in [0.1, 0.15) is 5.75 Å². The van der Waals surface area contributed by atoms with E-state index in [1.54, 1.807) is 0 Å². The first-order valence-electron chi connectivity index (χ1n) is 8.44. The Bertz CT molecular complexity index is 871. The normalized spacial score (nSPS) is 11.3. The predicted octanol–water partition coefficient (Wildman–Crippen LogP) is 5.15. The minimum absolute atomic E-state index is 0.0188. The van der Waals surface area contributed by atoms with Gasteiger partial charge in [-0.15, -0.1) is 0 Å². The van der Waals surface area contributed by atoms with E-state index in [-0.39, 0.29) is 17.9 Å². The van der Waals surface area contributed by atoms with E-state index in [0.717, 1.165) is 22.2 Å². The van der Waals surface area contributed by atoms with Gasteiger partial charge in [0.05, 0.1) is 0 Å². The lowest BCUT2D eigenvalue weighted by molar-refractivity contribution is -0.118. The molecule has 1 N–H and O–H groups in total. The molecule has 0 aromatic heterocycles. The third-order valence-corrected chi connectivity index (χ3v) is 4.14. The van der Waals surface area contributed by atoms with Crippen molar-refractivity contribution in [1.29, 1.82) is 0 Å². The topological polar surface area (TPSA) is 38.3 Å². The van der Waals surface area contributed by atoms with Crippen LogP contribution in [-0.4, -0.2) is 12.5 Å². The van der Waals surface area contributed by atoms with Gasteiger partial charge in [0, 0.05) is 11.1 Å². The van der Waals surface area contributed by atoms with Gasteiger partial charge in [-0.1, -0.05) is 69.3 Å². The van der Waals surface area contributed by atoms with Crippen LogP contribution < -0.4 is 10.1 Å². The maximum Gasteiger partial charge on any atom is 0.262 e. The van der Waals surface area contributed by atoms with Crippen molar-refractivity contribution in [3.05, 3.63) is 72.3 Å². The second kappa shape index (κ2) is 6.98. The fraction of sp³-hybridized carbons (Fsp3) is 0.227. The Hall–Kier alpha value is -2.81. The van der Waals surface area contributed by atoms with Gasteiger partial charge in [-0.3, -0.25) is 4.79 Å².